The third-order valence-corrected chi connectivity index (χ3v) is 9.14. The summed E-state index contributed by atoms with van der Waals surface area (Å²) >= 11 is 0. The quantitative estimate of drug-likeness (QED) is 0.279. The lowest BCUT2D eigenvalue weighted by Gasteiger charge is -2.45. The van der Waals surface area contributed by atoms with Crippen LogP contribution in [-0.4, -0.2) is 87.5 Å². The molecular formula is C32H30O14. The maximum Gasteiger partial charge on any atom is 0.358 e. The van der Waals surface area contributed by atoms with Crippen LogP contribution in [0.25, 0.3) is 16.9 Å². The molecule has 2 aromatic carbocycles. The molecule has 1 saturated heterocycles. The number of carbonyl (C=O) groups is 5. The lowest BCUT2D eigenvalue weighted by atomic mass is 9.69. The van der Waals surface area contributed by atoms with Crippen LogP contribution >= 0.6 is 0 Å². The van der Waals surface area contributed by atoms with Crippen LogP contribution in [0.3, 0.4) is 0 Å². The van der Waals surface area contributed by atoms with Crippen molar-refractivity contribution < 1.29 is 68.1 Å². The Kier molecular flexibility index (Phi) is 7.04. The lowest BCUT2D eigenvalue weighted by molar-refractivity contribution is -0.177. The first-order valence-electron chi connectivity index (χ1n) is 14.4. The third-order valence-electron chi connectivity index (χ3n) is 9.14. The second-order valence-electron chi connectivity index (χ2n) is 12.0. The summed E-state index contributed by atoms with van der Waals surface area (Å²) in [6.45, 7) is 3.14. The zero-order chi connectivity index (χ0) is 33.5. The molecule has 1 saturated carbocycles. The molecule has 6 unspecified atom stereocenters. The van der Waals surface area contributed by atoms with Crippen LogP contribution in [0, 0.1) is 11.8 Å². The van der Waals surface area contributed by atoms with Gasteiger partial charge in [-0.25, -0.2) is 9.59 Å². The molecule has 6 atom stereocenters. The van der Waals surface area contributed by atoms with Gasteiger partial charge in [-0.2, -0.15) is 0 Å². The Morgan fingerprint density at radius 1 is 0.804 bits per heavy atom. The summed E-state index contributed by atoms with van der Waals surface area (Å²) in [5.74, 6) is -8.44. The topological polar surface area (TPSA) is 212 Å². The van der Waals surface area contributed by atoms with Crippen molar-refractivity contribution in [3.63, 3.8) is 0 Å². The Morgan fingerprint density at radius 3 is 1.96 bits per heavy atom. The van der Waals surface area contributed by atoms with Gasteiger partial charge in [0, 0.05) is 23.5 Å². The van der Waals surface area contributed by atoms with Gasteiger partial charge in [0.15, 0.2) is 17.7 Å². The van der Waals surface area contributed by atoms with Crippen molar-refractivity contribution in [3.8, 4) is 34.1 Å². The Morgan fingerprint density at radius 2 is 1.39 bits per heavy atom. The van der Waals surface area contributed by atoms with Crippen molar-refractivity contribution in [2.24, 2.45) is 11.8 Å². The normalized spacial score (nSPS) is 29.9. The van der Waals surface area contributed by atoms with E-state index in [0.29, 0.717) is 0 Å². The number of aliphatic hydroxyl groups excluding tert-OH is 2. The summed E-state index contributed by atoms with van der Waals surface area (Å²) in [4.78, 5) is 65.9. The highest BCUT2D eigenvalue weighted by molar-refractivity contribution is 6.13. The number of hydrogen-bond donors (Lipinski definition) is 4. The van der Waals surface area contributed by atoms with Gasteiger partial charge in [-0.1, -0.05) is 13.8 Å². The van der Waals surface area contributed by atoms with Gasteiger partial charge in [0.05, 0.1) is 32.6 Å². The molecule has 242 valence electrons. The monoisotopic (exact) mass is 638 g/mol. The molecule has 4 N–H and O–H groups in total. The van der Waals surface area contributed by atoms with E-state index >= 15 is 0 Å². The molecule has 2 aromatic rings. The lowest BCUT2D eigenvalue weighted by Crippen LogP contribution is -2.64. The van der Waals surface area contributed by atoms with E-state index in [1.165, 1.54) is 25.1 Å². The standard InChI is InChI=1S/C32H30O14/c1-12-9-18(35)23-24(38)22-17(34)8-6-15(26(22)46-32(23,27(12)39)30(41)43-4)14-5-7-16(33)21-19(36)11-31(29(40)42-3,45-25(14)21)28-13(2)10-20(37)44-28/h5-8,12-13,27-28,33-34,38-39H,9-11H2,1-4H3. The largest absolute Gasteiger partial charge is 0.507 e. The fraction of sp³-hybridized carbons (Fsp3) is 0.406. The summed E-state index contributed by atoms with van der Waals surface area (Å²) in [5, 5.41) is 44.5. The number of carbonyl (C=O) groups excluding carboxylic acids is 5. The molecule has 0 aromatic heterocycles. The van der Waals surface area contributed by atoms with E-state index in [0.717, 1.165) is 20.3 Å². The van der Waals surface area contributed by atoms with Gasteiger partial charge in [-0.05, 0) is 30.2 Å². The third kappa shape index (κ3) is 4.02. The highest BCUT2D eigenvalue weighted by Gasteiger charge is 2.64. The molecule has 14 nitrogen and oxygen atoms in total. The zero-order valence-electron chi connectivity index (χ0n) is 25.1. The van der Waals surface area contributed by atoms with Crippen molar-refractivity contribution in [2.75, 3.05) is 14.2 Å². The molecule has 3 aliphatic heterocycles. The Bertz CT molecular complexity index is 1770. The number of cyclic esters (lactones) is 1. The number of ketones is 2. The Hall–Kier alpha value is -5.11. The van der Waals surface area contributed by atoms with E-state index in [1.807, 2.05) is 0 Å². The van der Waals surface area contributed by atoms with E-state index in [2.05, 4.69) is 0 Å². The van der Waals surface area contributed by atoms with E-state index in [4.69, 9.17) is 23.7 Å². The molecule has 3 heterocycles. The minimum absolute atomic E-state index is 0.0386. The number of rotatable bonds is 4. The van der Waals surface area contributed by atoms with Crippen LogP contribution in [0.5, 0.6) is 23.0 Å². The predicted molar refractivity (Wildman–Crippen MR) is 153 cm³/mol. The van der Waals surface area contributed by atoms with E-state index in [1.54, 1.807) is 6.92 Å². The minimum Gasteiger partial charge on any atom is -0.507 e. The number of phenols is 2. The SMILES string of the molecule is COC(=O)C1(C2OC(=O)CC2C)CC(=O)c2c(O)ccc(-c3ccc(O)c4c3OC3(C(=O)OC)C(=C4O)C(=O)CC(C)C3O)c2O1. The van der Waals surface area contributed by atoms with E-state index < -0.39 is 105 Å². The number of Topliss-reactive ketones (excluding diaryl/α,β-unsaturated/α-hetero) is 2. The van der Waals surface area contributed by atoms with Crippen molar-refractivity contribution in [2.45, 2.75) is 56.5 Å². The Balaban J connectivity index is 1.63. The molecule has 0 bridgehead atoms. The summed E-state index contributed by atoms with van der Waals surface area (Å²) in [7, 11) is 2.07. The smallest absolute Gasteiger partial charge is 0.358 e. The van der Waals surface area contributed by atoms with Crippen LogP contribution in [0.2, 0.25) is 0 Å². The highest BCUT2D eigenvalue weighted by Crippen LogP contribution is 2.56. The number of aliphatic hydroxyl groups is 2. The molecule has 0 amide bonds. The molecular weight excluding hydrogens is 608 g/mol. The zero-order valence-corrected chi connectivity index (χ0v) is 25.1. The molecule has 6 rings (SSSR count). The average molecular weight is 639 g/mol. The first-order valence-corrected chi connectivity index (χ1v) is 14.4. The van der Waals surface area contributed by atoms with Crippen molar-refractivity contribution in [1.82, 2.24) is 0 Å². The predicted octanol–water partition coefficient (Wildman–Crippen LogP) is 2.14. The van der Waals surface area contributed by atoms with E-state index in [-0.39, 0.29) is 35.3 Å². The summed E-state index contributed by atoms with van der Waals surface area (Å²) in [5.41, 5.74) is -6.18. The molecule has 2 fully saturated rings. The number of phenolic OH excluding ortho intramolecular Hbond substituents is 2. The fourth-order valence-electron chi connectivity index (χ4n) is 7.00. The van der Waals surface area contributed by atoms with Crippen molar-refractivity contribution in [1.29, 1.82) is 0 Å². The average Bonchev–Trinajstić information content (AvgIpc) is 3.36. The van der Waals surface area contributed by atoms with Gasteiger partial charge in [-0.15, -0.1) is 0 Å². The molecule has 4 aliphatic rings. The first-order chi connectivity index (χ1) is 21.7. The van der Waals surface area contributed by atoms with E-state index in [9.17, 15) is 44.4 Å². The second kappa shape index (κ2) is 10.5. The summed E-state index contributed by atoms with van der Waals surface area (Å²) < 4.78 is 27.9. The first kappa shape index (κ1) is 30.9. The fourth-order valence-corrected chi connectivity index (χ4v) is 7.00. The van der Waals surface area contributed by atoms with Gasteiger partial charge in [0.2, 0.25) is 5.60 Å². The van der Waals surface area contributed by atoms with Gasteiger partial charge in [0.1, 0.15) is 46.0 Å². The van der Waals surface area contributed by atoms with Crippen molar-refractivity contribution in [3.05, 3.63) is 41.0 Å². The summed E-state index contributed by atoms with van der Waals surface area (Å²) in [6, 6.07) is 4.88. The Labute approximate surface area is 261 Å². The van der Waals surface area contributed by atoms with Crippen molar-refractivity contribution >= 4 is 35.2 Å². The number of benzene rings is 2. The second-order valence-corrected chi connectivity index (χ2v) is 12.0. The number of methoxy groups -OCH3 is 2. The number of aromatic hydroxyl groups is 2. The highest BCUT2D eigenvalue weighted by atomic mass is 16.6. The van der Waals surface area contributed by atoms with Gasteiger partial charge < -0.3 is 44.1 Å². The van der Waals surface area contributed by atoms with Gasteiger partial charge >= 0.3 is 17.9 Å². The number of fused-ring (bicyclic) bond motifs is 3. The molecule has 14 heteroatoms. The molecule has 46 heavy (non-hydrogen) atoms. The van der Waals surface area contributed by atoms with Crippen LogP contribution in [0.1, 0.15) is 49.0 Å². The molecule has 0 spiro atoms. The van der Waals surface area contributed by atoms with Crippen LogP contribution in [-0.2, 0) is 33.4 Å². The number of esters is 3. The minimum atomic E-state index is -2.56. The molecule has 1 aliphatic carbocycles. The van der Waals surface area contributed by atoms with Gasteiger partial charge in [0.25, 0.3) is 5.60 Å². The number of ether oxygens (including phenoxy) is 5. The maximum absolute atomic E-state index is 13.7. The van der Waals surface area contributed by atoms with Crippen LogP contribution in [0.15, 0.2) is 29.8 Å². The van der Waals surface area contributed by atoms with Crippen LogP contribution < -0.4 is 9.47 Å². The van der Waals surface area contributed by atoms with Gasteiger partial charge in [-0.3, -0.25) is 14.4 Å². The van der Waals surface area contributed by atoms with Crippen LogP contribution in [0.4, 0.5) is 0 Å². The summed E-state index contributed by atoms with van der Waals surface area (Å²) in [6.07, 6.45) is -3.93. The molecule has 0 radical (unpaired) electrons. The number of hydrogen-bond acceptors (Lipinski definition) is 14. The maximum atomic E-state index is 13.7.